The van der Waals surface area contributed by atoms with Crippen molar-refractivity contribution in [3.8, 4) is 0 Å². The SMILES string of the molecule is Cc1ccc(NC(=O)CCCNC(=O)c2ccc(F)cc2)cc1NS(C)(=O)=O. The molecule has 0 aliphatic carbocycles. The molecule has 0 aromatic heterocycles. The summed E-state index contributed by atoms with van der Waals surface area (Å²) in [6.45, 7) is 2.04. The Labute approximate surface area is 163 Å². The first-order chi connectivity index (χ1) is 13.1. The number of carbonyl (C=O) groups is 2. The molecule has 0 atom stereocenters. The lowest BCUT2D eigenvalue weighted by atomic mass is 10.2. The van der Waals surface area contributed by atoms with Crippen LogP contribution in [0.15, 0.2) is 42.5 Å². The van der Waals surface area contributed by atoms with Gasteiger partial charge in [0, 0.05) is 24.2 Å². The van der Waals surface area contributed by atoms with E-state index in [0.29, 0.717) is 29.9 Å². The molecule has 9 heteroatoms. The Balaban J connectivity index is 1.80. The lowest BCUT2D eigenvalue weighted by Crippen LogP contribution is -2.25. The Kier molecular flexibility index (Phi) is 7.11. The molecule has 0 unspecified atom stereocenters. The van der Waals surface area contributed by atoms with E-state index in [1.54, 1.807) is 25.1 Å². The third kappa shape index (κ3) is 6.99. The van der Waals surface area contributed by atoms with Crippen LogP contribution >= 0.6 is 0 Å². The normalized spacial score (nSPS) is 11.0. The van der Waals surface area contributed by atoms with Crippen molar-refractivity contribution in [3.05, 3.63) is 59.4 Å². The highest BCUT2D eigenvalue weighted by molar-refractivity contribution is 7.92. The summed E-state index contributed by atoms with van der Waals surface area (Å²) >= 11 is 0. The monoisotopic (exact) mass is 407 g/mol. The van der Waals surface area contributed by atoms with Gasteiger partial charge in [0.2, 0.25) is 15.9 Å². The number of aryl methyl sites for hydroxylation is 1. The van der Waals surface area contributed by atoms with Crippen LogP contribution in [-0.2, 0) is 14.8 Å². The molecule has 0 spiro atoms. The van der Waals surface area contributed by atoms with Gasteiger partial charge in [-0.15, -0.1) is 0 Å². The summed E-state index contributed by atoms with van der Waals surface area (Å²) in [5.74, 6) is -1.01. The lowest BCUT2D eigenvalue weighted by Gasteiger charge is -2.11. The molecule has 2 rings (SSSR count). The van der Waals surface area contributed by atoms with E-state index in [-0.39, 0.29) is 18.2 Å². The van der Waals surface area contributed by atoms with E-state index in [0.717, 1.165) is 11.8 Å². The minimum atomic E-state index is -3.42. The standard InChI is InChI=1S/C19H22FN3O4S/c1-13-5-10-16(12-17(13)23-28(2,26)27)22-18(24)4-3-11-21-19(25)14-6-8-15(20)9-7-14/h5-10,12,23H,3-4,11H2,1-2H3,(H,21,25)(H,22,24). The molecule has 0 aliphatic heterocycles. The summed E-state index contributed by atoms with van der Waals surface area (Å²) in [6.07, 6.45) is 1.64. The van der Waals surface area contributed by atoms with Crippen molar-refractivity contribution in [1.82, 2.24) is 5.32 Å². The Morgan fingerprint density at radius 1 is 1.07 bits per heavy atom. The number of halogens is 1. The average molecular weight is 407 g/mol. The van der Waals surface area contributed by atoms with E-state index in [2.05, 4.69) is 15.4 Å². The maximum atomic E-state index is 12.8. The number of benzene rings is 2. The molecule has 2 amide bonds. The van der Waals surface area contributed by atoms with Crippen LogP contribution in [0.4, 0.5) is 15.8 Å². The number of rotatable bonds is 8. The van der Waals surface area contributed by atoms with Crippen molar-refractivity contribution in [3.63, 3.8) is 0 Å². The lowest BCUT2D eigenvalue weighted by molar-refractivity contribution is -0.116. The first-order valence-electron chi connectivity index (χ1n) is 8.56. The van der Waals surface area contributed by atoms with E-state index in [1.165, 1.54) is 24.3 Å². The molecule has 150 valence electrons. The predicted molar refractivity (Wildman–Crippen MR) is 106 cm³/mol. The Hall–Kier alpha value is -2.94. The van der Waals surface area contributed by atoms with Crippen LogP contribution < -0.4 is 15.4 Å². The minimum Gasteiger partial charge on any atom is -0.352 e. The highest BCUT2D eigenvalue weighted by atomic mass is 32.2. The van der Waals surface area contributed by atoms with E-state index in [9.17, 15) is 22.4 Å². The Morgan fingerprint density at radius 2 is 1.75 bits per heavy atom. The Bertz CT molecular complexity index is 960. The van der Waals surface area contributed by atoms with Crippen molar-refractivity contribution in [2.24, 2.45) is 0 Å². The molecule has 2 aromatic rings. The molecular formula is C19H22FN3O4S. The van der Waals surface area contributed by atoms with Crippen LogP contribution in [0.1, 0.15) is 28.8 Å². The van der Waals surface area contributed by atoms with Gasteiger partial charge < -0.3 is 10.6 Å². The fourth-order valence-corrected chi connectivity index (χ4v) is 3.01. The molecule has 0 radical (unpaired) electrons. The van der Waals surface area contributed by atoms with E-state index >= 15 is 0 Å². The van der Waals surface area contributed by atoms with Crippen LogP contribution in [0.2, 0.25) is 0 Å². The van der Waals surface area contributed by atoms with Crippen molar-refractivity contribution < 1.29 is 22.4 Å². The second-order valence-corrected chi connectivity index (χ2v) is 8.07. The molecule has 0 saturated carbocycles. The third-order valence-electron chi connectivity index (χ3n) is 3.79. The highest BCUT2D eigenvalue weighted by Gasteiger charge is 2.09. The van der Waals surface area contributed by atoms with Crippen molar-refractivity contribution in [1.29, 1.82) is 0 Å². The molecular weight excluding hydrogens is 385 g/mol. The summed E-state index contributed by atoms with van der Waals surface area (Å²) in [6, 6.07) is 10.1. The second kappa shape index (κ2) is 9.32. The summed E-state index contributed by atoms with van der Waals surface area (Å²) in [5, 5.41) is 5.36. The van der Waals surface area contributed by atoms with Gasteiger partial charge in [0.25, 0.3) is 5.91 Å². The Morgan fingerprint density at radius 3 is 2.39 bits per heavy atom. The van der Waals surface area contributed by atoms with Gasteiger partial charge in [-0.1, -0.05) is 6.07 Å². The van der Waals surface area contributed by atoms with Gasteiger partial charge in [0.1, 0.15) is 5.82 Å². The fourth-order valence-electron chi connectivity index (χ4n) is 2.39. The van der Waals surface area contributed by atoms with Crippen LogP contribution in [-0.4, -0.2) is 33.0 Å². The molecule has 2 aromatic carbocycles. The summed E-state index contributed by atoms with van der Waals surface area (Å²) < 4.78 is 38.0. The summed E-state index contributed by atoms with van der Waals surface area (Å²) in [5.41, 5.74) is 1.94. The number of hydrogen-bond acceptors (Lipinski definition) is 4. The molecule has 28 heavy (non-hydrogen) atoms. The molecule has 0 saturated heterocycles. The van der Waals surface area contributed by atoms with Gasteiger partial charge >= 0.3 is 0 Å². The first-order valence-corrected chi connectivity index (χ1v) is 10.5. The van der Waals surface area contributed by atoms with Crippen LogP contribution in [0.3, 0.4) is 0 Å². The minimum absolute atomic E-state index is 0.173. The van der Waals surface area contributed by atoms with E-state index < -0.39 is 15.8 Å². The number of carbonyl (C=O) groups excluding carboxylic acids is 2. The predicted octanol–water partition coefficient (Wildman–Crippen LogP) is 2.65. The molecule has 0 aliphatic rings. The smallest absolute Gasteiger partial charge is 0.251 e. The van der Waals surface area contributed by atoms with Gasteiger partial charge in [-0.2, -0.15) is 0 Å². The van der Waals surface area contributed by atoms with Crippen LogP contribution in [0.5, 0.6) is 0 Å². The van der Waals surface area contributed by atoms with Crippen molar-refractivity contribution in [2.45, 2.75) is 19.8 Å². The summed E-state index contributed by atoms with van der Waals surface area (Å²) in [7, 11) is -3.42. The number of hydrogen-bond donors (Lipinski definition) is 3. The number of amides is 2. The largest absolute Gasteiger partial charge is 0.352 e. The highest BCUT2D eigenvalue weighted by Crippen LogP contribution is 2.21. The van der Waals surface area contributed by atoms with Crippen LogP contribution in [0.25, 0.3) is 0 Å². The maximum Gasteiger partial charge on any atom is 0.251 e. The zero-order valence-corrected chi connectivity index (χ0v) is 16.4. The quantitative estimate of drug-likeness (QED) is 0.585. The topological polar surface area (TPSA) is 104 Å². The van der Waals surface area contributed by atoms with Gasteiger partial charge in [0.15, 0.2) is 0 Å². The van der Waals surface area contributed by atoms with Gasteiger partial charge in [-0.25, -0.2) is 12.8 Å². The van der Waals surface area contributed by atoms with Gasteiger partial charge in [-0.05, 0) is 55.3 Å². The maximum absolute atomic E-state index is 12.8. The first kappa shape index (κ1) is 21.4. The third-order valence-corrected chi connectivity index (χ3v) is 4.38. The molecule has 7 nitrogen and oxygen atoms in total. The fraction of sp³-hybridized carbons (Fsp3) is 0.263. The number of nitrogens with one attached hydrogen (secondary N) is 3. The summed E-state index contributed by atoms with van der Waals surface area (Å²) in [4.78, 5) is 23.9. The zero-order chi connectivity index (χ0) is 20.7. The van der Waals surface area contributed by atoms with Gasteiger partial charge in [0.05, 0.1) is 11.9 Å². The molecule has 0 heterocycles. The van der Waals surface area contributed by atoms with Gasteiger partial charge in [-0.3, -0.25) is 14.3 Å². The number of sulfonamides is 1. The zero-order valence-electron chi connectivity index (χ0n) is 15.6. The van der Waals surface area contributed by atoms with Crippen LogP contribution in [0, 0.1) is 12.7 Å². The average Bonchev–Trinajstić information content (AvgIpc) is 2.61. The van der Waals surface area contributed by atoms with E-state index in [4.69, 9.17) is 0 Å². The second-order valence-electron chi connectivity index (χ2n) is 6.32. The molecule has 0 fully saturated rings. The van der Waals surface area contributed by atoms with Crippen molar-refractivity contribution >= 4 is 33.2 Å². The number of anilines is 2. The molecule has 0 bridgehead atoms. The molecule has 3 N–H and O–H groups in total. The van der Waals surface area contributed by atoms with E-state index in [1.807, 2.05) is 0 Å². The van der Waals surface area contributed by atoms with Crippen molar-refractivity contribution in [2.75, 3.05) is 22.8 Å².